The van der Waals surface area contributed by atoms with E-state index in [1.165, 1.54) is 0 Å². The SMILES string of the molecule is Cc1cc(C(=O)NCC2(CCl)CC2)ccc1Br. The van der Waals surface area contributed by atoms with E-state index >= 15 is 0 Å². The number of hydrogen-bond acceptors (Lipinski definition) is 1. The Morgan fingerprint density at radius 1 is 1.53 bits per heavy atom. The minimum absolute atomic E-state index is 0.0167. The van der Waals surface area contributed by atoms with E-state index in [-0.39, 0.29) is 11.3 Å². The predicted molar refractivity (Wildman–Crippen MR) is 73.6 cm³/mol. The molecule has 1 saturated carbocycles. The fourth-order valence-corrected chi connectivity index (χ4v) is 2.30. The first kappa shape index (κ1) is 12.9. The van der Waals surface area contributed by atoms with Crippen molar-refractivity contribution >= 4 is 33.4 Å². The van der Waals surface area contributed by atoms with Crippen LogP contribution in [0.25, 0.3) is 0 Å². The zero-order valence-corrected chi connectivity index (χ0v) is 12.1. The van der Waals surface area contributed by atoms with Crippen molar-refractivity contribution in [3.63, 3.8) is 0 Å². The second-order valence-corrected chi connectivity index (χ2v) is 5.90. The molecular formula is C13H15BrClNO. The van der Waals surface area contributed by atoms with E-state index in [0.717, 1.165) is 22.9 Å². The highest BCUT2D eigenvalue weighted by molar-refractivity contribution is 9.10. The summed E-state index contributed by atoms with van der Waals surface area (Å²) in [7, 11) is 0. The van der Waals surface area contributed by atoms with E-state index in [2.05, 4.69) is 21.2 Å². The van der Waals surface area contributed by atoms with Gasteiger partial charge in [0.2, 0.25) is 0 Å². The van der Waals surface area contributed by atoms with Crippen LogP contribution in [0.15, 0.2) is 22.7 Å². The zero-order chi connectivity index (χ0) is 12.5. The van der Waals surface area contributed by atoms with Crippen molar-refractivity contribution in [2.24, 2.45) is 5.41 Å². The van der Waals surface area contributed by atoms with Crippen molar-refractivity contribution in [2.45, 2.75) is 19.8 Å². The van der Waals surface area contributed by atoms with Crippen LogP contribution >= 0.6 is 27.5 Å². The number of alkyl halides is 1. The molecule has 17 heavy (non-hydrogen) atoms. The third-order valence-electron chi connectivity index (χ3n) is 3.28. The van der Waals surface area contributed by atoms with Crippen LogP contribution in [0.4, 0.5) is 0 Å². The van der Waals surface area contributed by atoms with Gasteiger partial charge in [0.25, 0.3) is 5.91 Å². The van der Waals surface area contributed by atoms with Gasteiger partial charge in [-0.2, -0.15) is 0 Å². The number of rotatable bonds is 4. The van der Waals surface area contributed by atoms with Gasteiger partial charge < -0.3 is 5.32 Å². The number of carbonyl (C=O) groups is 1. The number of nitrogens with one attached hydrogen (secondary N) is 1. The number of aryl methyl sites for hydroxylation is 1. The number of hydrogen-bond donors (Lipinski definition) is 1. The van der Waals surface area contributed by atoms with Gasteiger partial charge in [-0.1, -0.05) is 15.9 Å². The summed E-state index contributed by atoms with van der Waals surface area (Å²) in [6.07, 6.45) is 2.24. The lowest BCUT2D eigenvalue weighted by atomic mass is 10.1. The van der Waals surface area contributed by atoms with Crippen LogP contribution in [0.1, 0.15) is 28.8 Å². The minimum atomic E-state index is -0.0167. The second-order valence-electron chi connectivity index (χ2n) is 4.78. The Bertz CT molecular complexity index is 443. The van der Waals surface area contributed by atoms with Gasteiger partial charge in [0, 0.05) is 27.9 Å². The molecular weight excluding hydrogens is 302 g/mol. The quantitative estimate of drug-likeness (QED) is 0.846. The molecule has 0 aliphatic heterocycles. The van der Waals surface area contributed by atoms with Crippen molar-refractivity contribution in [1.29, 1.82) is 0 Å². The highest BCUT2D eigenvalue weighted by atomic mass is 79.9. The molecule has 1 aromatic carbocycles. The molecule has 0 heterocycles. The fraction of sp³-hybridized carbons (Fsp3) is 0.462. The summed E-state index contributed by atoms with van der Waals surface area (Å²) in [5, 5.41) is 2.96. The van der Waals surface area contributed by atoms with Gasteiger partial charge in [0.05, 0.1) is 0 Å². The molecule has 1 aliphatic carbocycles. The Balaban J connectivity index is 1.97. The molecule has 1 N–H and O–H groups in total. The monoisotopic (exact) mass is 315 g/mol. The summed E-state index contributed by atoms with van der Waals surface area (Å²) < 4.78 is 1.02. The van der Waals surface area contributed by atoms with Crippen LogP contribution in [0.5, 0.6) is 0 Å². The molecule has 92 valence electrons. The smallest absolute Gasteiger partial charge is 0.251 e. The lowest BCUT2D eigenvalue weighted by Gasteiger charge is -2.12. The van der Waals surface area contributed by atoms with Crippen molar-refractivity contribution in [2.75, 3.05) is 12.4 Å². The number of carbonyl (C=O) groups excluding carboxylic acids is 1. The van der Waals surface area contributed by atoms with Gasteiger partial charge in [0.1, 0.15) is 0 Å². The second kappa shape index (κ2) is 4.99. The molecule has 0 bridgehead atoms. The average Bonchev–Trinajstić information content (AvgIpc) is 3.10. The fourth-order valence-electron chi connectivity index (χ4n) is 1.69. The maximum absolute atomic E-state index is 11.9. The third-order valence-corrected chi connectivity index (χ3v) is 4.74. The predicted octanol–water partition coefficient (Wildman–Crippen LogP) is 3.51. The van der Waals surface area contributed by atoms with Crippen LogP contribution in [-0.2, 0) is 0 Å². The maximum atomic E-state index is 11.9. The summed E-state index contributed by atoms with van der Waals surface area (Å²) in [6.45, 7) is 2.66. The van der Waals surface area contributed by atoms with Gasteiger partial charge in [-0.25, -0.2) is 0 Å². The van der Waals surface area contributed by atoms with Gasteiger partial charge in [-0.15, -0.1) is 11.6 Å². The van der Waals surface area contributed by atoms with E-state index in [4.69, 9.17) is 11.6 Å². The Kier molecular flexibility index (Phi) is 3.79. The lowest BCUT2D eigenvalue weighted by molar-refractivity contribution is 0.0946. The standard InChI is InChI=1S/C13H15BrClNO/c1-9-6-10(2-3-11(9)14)12(17)16-8-13(7-15)4-5-13/h2-3,6H,4-5,7-8H2,1H3,(H,16,17). The van der Waals surface area contributed by atoms with E-state index in [1.807, 2.05) is 25.1 Å². The molecule has 0 atom stereocenters. The van der Waals surface area contributed by atoms with Gasteiger partial charge >= 0.3 is 0 Å². The molecule has 2 nitrogen and oxygen atoms in total. The van der Waals surface area contributed by atoms with Crippen LogP contribution in [0.3, 0.4) is 0 Å². The van der Waals surface area contributed by atoms with E-state index in [9.17, 15) is 4.79 Å². The topological polar surface area (TPSA) is 29.1 Å². The molecule has 0 aromatic heterocycles. The number of benzene rings is 1. The summed E-state index contributed by atoms with van der Waals surface area (Å²) >= 11 is 9.29. The van der Waals surface area contributed by atoms with Crippen molar-refractivity contribution < 1.29 is 4.79 Å². The van der Waals surface area contributed by atoms with E-state index < -0.39 is 0 Å². The molecule has 0 spiro atoms. The molecule has 4 heteroatoms. The number of halogens is 2. The van der Waals surface area contributed by atoms with Crippen molar-refractivity contribution in [1.82, 2.24) is 5.32 Å². The number of amides is 1. The van der Waals surface area contributed by atoms with Gasteiger partial charge in [-0.3, -0.25) is 4.79 Å². The normalized spacial score (nSPS) is 16.6. The van der Waals surface area contributed by atoms with Crippen LogP contribution in [0, 0.1) is 12.3 Å². The van der Waals surface area contributed by atoms with Gasteiger partial charge in [0.15, 0.2) is 0 Å². The first-order valence-corrected chi connectivity index (χ1v) is 6.99. The summed E-state index contributed by atoms with van der Waals surface area (Å²) in [4.78, 5) is 11.9. The van der Waals surface area contributed by atoms with Crippen LogP contribution < -0.4 is 5.32 Å². The lowest BCUT2D eigenvalue weighted by Crippen LogP contribution is -2.31. The Hall–Kier alpha value is -0.540. The van der Waals surface area contributed by atoms with E-state index in [1.54, 1.807) is 0 Å². The van der Waals surface area contributed by atoms with Crippen molar-refractivity contribution in [3.8, 4) is 0 Å². The molecule has 0 saturated heterocycles. The molecule has 1 amide bonds. The third kappa shape index (κ3) is 3.02. The Labute approximate surface area is 115 Å². The highest BCUT2D eigenvalue weighted by Gasteiger charge is 2.41. The summed E-state index contributed by atoms with van der Waals surface area (Å²) in [6, 6.07) is 5.62. The van der Waals surface area contributed by atoms with Crippen LogP contribution in [-0.4, -0.2) is 18.3 Å². The molecule has 1 aromatic rings. The molecule has 1 fully saturated rings. The first-order valence-electron chi connectivity index (χ1n) is 5.67. The van der Waals surface area contributed by atoms with E-state index in [0.29, 0.717) is 18.0 Å². The van der Waals surface area contributed by atoms with Crippen LogP contribution in [0.2, 0.25) is 0 Å². The maximum Gasteiger partial charge on any atom is 0.251 e. The molecule has 2 rings (SSSR count). The zero-order valence-electron chi connectivity index (χ0n) is 9.72. The Morgan fingerprint density at radius 3 is 2.76 bits per heavy atom. The Morgan fingerprint density at radius 2 is 2.24 bits per heavy atom. The first-order chi connectivity index (χ1) is 8.06. The summed E-state index contributed by atoms with van der Waals surface area (Å²) in [5.74, 6) is 0.615. The van der Waals surface area contributed by atoms with Gasteiger partial charge in [-0.05, 0) is 43.5 Å². The minimum Gasteiger partial charge on any atom is -0.351 e. The summed E-state index contributed by atoms with van der Waals surface area (Å²) in [5.41, 5.74) is 1.94. The average molecular weight is 317 g/mol. The molecule has 0 unspecified atom stereocenters. The largest absolute Gasteiger partial charge is 0.351 e. The van der Waals surface area contributed by atoms with Crippen molar-refractivity contribution in [3.05, 3.63) is 33.8 Å². The molecule has 1 aliphatic rings. The molecule has 0 radical (unpaired) electrons. The highest BCUT2D eigenvalue weighted by Crippen LogP contribution is 2.45.